The first-order valence-electron chi connectivity index (χ1n) is 5.59. The van der Waals surface area contributed by atoms with Crippen LogP contribution in [0.4, 0.5) is 0 Å². The fourth-order valence-corrected chi connectivity index (χ4v) is 1.77. The molecule has 2 aromatic rings. The highest BCUT2D eigenvalue weighted by atomic mass is 16.5. The van der Waals surface area contributed by atoms with Gasteiger partial charge in [-0.05, 0) is 19.2 Å². The monoisotopic (exact) mass is 248 g/mol. The lowest BCUT2D eigenvalue weighted by molar-refractivity contribution is 0.394. The molecule has 96 valence electrons. The fourth-order valence-electron chi connectivity index (χ4n) is 1.77. The van der Waals surface area contributed by atoms with Gasteiger partial charge in [-0.15, -0.1) is 0 Å². The van der Waals surface area contributed by atoms with Crippen molar-refractivity contribution in [1.29, 1.82) is 0 Å². The molecule has 5 heteroatoms. The van der Waals surface area contributed by atoms with E-state index in [1.165, 1.54) is 6.39 Å². The van der Waals surface area contributed by atoms with Crippen molar-refractivity contribution in [3.8, 4) is 22.8 Å². The predicted molar refractivity (Wildman–Crippen MR) is 67.8 cm³/mol. The molecule has 0 atom stereocenters. The van der Waals surface area contributed by atoms with E-state index < -0.39 is 0 Å². The van der Waals surface area contributed by atoms with E-state index in [2.05, 4.69) is 10.3 Å². The summed E-state index contributed by atoms with van der Waals surface area (Å²) in [5.74, 6) is 2.15. The Morgan fingerprint density at radius 3 is 2.78 bits per heavy atom. The van der Waals surface area contributed by atoms with Crippen molar-refractivity contribution in [1.82, 2.24) is 10.3 Å². The van der Waals surface area contributed by atoms with E-state index >= 15 is 0 Å². The van der Waals surface area contributed by atoms with Crippen LogP contribution in [0.5, 0.6) is 11.5 Å². The normalized spacial score (nSPS) is 10.4. The highest BCUT2D eigenvalue weighted by molar-refractivity contribution is 5.68. The molecule has 0 saturated carbocycles. The van der Waals surface area contributed by atoms with E-state index in [9.17, 15) is 0 Å². The Balaban J connectivity index is 2.46. The Morgan fingerprint density at radius 2 is 2.11 bits per heavy atom. The number of hydrogen-bond donors (Lipinski definition) is 1. The lowest BCUT2D eigenvalue weighted by Crippen LogP contribution is -2.06. The summed E-state index contributed by atoms with van der Waals surface area (Å²) >= 11 is 0. The molecule has 18 heavy (non-hydrogen) atoms. The van der Waals surface area contributed by atoms with Crippen molar-refractivity contribution < 1.29 is 13.9 Å². The van der Waals surface area contributed by atoms with Gasteiger partial charge in [-0.3, -0.25) is 0 Å². The van der Waals surface area contributed by atoms with Crippen molar-refractivity contribution in [2.75, 3.05) is 21.3 Å². The molecule has 2 rings (SSSR count). The van der Waals surface area contributed by atoms with Crippen molar-refractivity contribution in [3.05, 3.63) is 30.3 Å². The van der Waals surface area contributed by atoms with Crippen molar-refractivity contribution >= 4 is 0 Å². The van der Waals surface area contributed by atoms with Crippen LogP contribution in [0.15, 0.2) is 29.0 Å². The lowest BCUT2D eigenvalue weighted by Gasteiger charge is -2.09. The van der Waals surface area contributed by atoms with E-state index in [0.717, 1.165) is 17.0 Å². The first-order valence-corrected chi connectivity index (χ1v) is 5.59. The minimum atomic E-state index is 0.640. The zero-order chi connectivity index (χ0) is 13.0. The molecule has 5 nitrogen and oxygen atoms in total. The van der Waals surface area contributed by atoms with Crippen LogP contribution in [0.3, 0.4) is 0 Å². The summed E-state index contributed by atoms with van der Waals surface area (Å²) in [5.41, 5.74) is 1.71. The highest BCUT2D eigenvalue weighted by Crippen LogP contribution is 2.34. The maximum absolute atomic E-state index is 5.45. The number of aromatic nitrogens is 1. The molecule has 0 aliphatic rings. The van der Waals surface area contributed by atoms with Gasteiger partial charge in [-0.25, -0.2) is 4.98 Å². The minimum Gasteiger partial charge on any atom is -0.497 e. The van der Waals surface area contributed by atoms with E-state index in [1.54, 1.807) is 14.2 Å². The third kappa shape index (κ3) is 2.31. The smallest absolute Gasteiger partial charge is 0.181 e. The summed E-state index contributed by atoms with van der Waals surface area (Å²) in [4.78, 5) is 4.18. The molecular weight excluding hydrogens is 232 g/mol. The zero-order valence-corrected chi connectivity index (χ0v) is 10.7. The SMILES string of the molecule is CNCc1ncoc1-c1ccc(OC)cc1OC. The van der Waals surface area contributed by atoms with Crippen LogP contribution in [0.2, 0.25) is 0 Å². The second kappa shape index (κ2) is 5.55. The molecule has 0 aliphatic heterocycles. The summed E-state index contributed by atoms with van der Waals surface area (Å²) < 4.78 is 16.0. The molecule has 0 fully saturated rings. The number of nitrogens with one attached hydrogen (secondary N) is 1. The molecule has 1 N–H and O–H groups in total. The number of nitrogens with zero attached hydrogens (tertiary/aromatic N) is 1. The Labute approximate surface area is 106 Å². The van der Waals surface area contributed by atoms with Crippen molar-refractivity contribution in [3.63, 3.8) is 0 Å². The second-order valence-electron chi connectivity index (χ2n) is 3.72. The van der Waals surface area contributed by atoms with E-state index in [4.69, 9.17) is 13.9 Å². The fraction of sp³-hybridized carbons (Fsp3) is 0.308. The summed E-state index contributed by atoms with van der Waals surface area (Å²) in [6.07, 6.45) is 1.44. The van der Waals surface area contributed by atoms with Crippen LogP contribution < -0.4 is 14.8 Å². The lowest BCUT2D eigenvalue weighted by atomic mass is 10.1. The van der Waals surface area contributed by atoms with Gasteiger partial charge in [0, 0.05) is 12.6 Å². The second-order valence-corrected chi connectivity index (χ2v) is 3.72. The van der Waals surface area contributed by atoms with E-state index in [0.29, 0.717) is 18.1 Å². The summed E-state index contributed by atoms with van der Waals surface area (Å²) in [6.45, 7) is 0.640. The third-order valence-electron chi connectivity index (χ3n) is 2.64. The van der Waals surface area contributed by atoms with E-state index in [1.807, 2.05) is 25.2 Å². The Kier molecular flexibility index (Phi) is 3.84. The number of benzene rings is 1. The molecule has 1 aromatic heterocycles. The summed E-state index contributed by atoms with van der Waals surface area (Å²) in [6, 6.07) is 5.59. The van der Waals surface area contributed by atoms with Crippen LogP contribution in [0.1, 0.15) is 5.69 Å². The molecule has 1 heterocycles. The van der Waals surface area contributed by atoms with Gasteiger partial charge in [0.1, 0.15) is 17.2 Å². The predicted octanol–water partition coefficient (Wildman–Crippen LogP) is 2.08. The minimum absolute atomic E-state index is 0.640. The van der Waals surface area contributed by atoms with E-state index in [-0.39, 0.29) is 0 Å². The van der Waals surface area contributed by atoms with Gasteiger partial charge in [0.05, 0.1) is 19.8 Å². The Morgan fingerprint density at radius 1 is 1.28 bits per heavy atom. The first-order chi connectivity index (χ1) is 8.80. The van der Waals surface area contributed by atoms with Gasteiger partial charge in [-0.1, -0.05) is 0 Å². The van der Waals surface area contributed by atoms with Crippen LogP contribution in [0.25, 0.3) is 11.3 Å². The largest absolute Gasteiger partial charge is 0.497 e. The van der Waals surface area contributed by atoms with Crippen LogP contribution in [-0.2, 0) is 6.54 Å². The Bertz CT molecular complexity index is 523. The van der Waals surface area contributed by atoms with Crippen molar-refractivity contribution in [2.24, 2.45) is 0 Å². The van der Waals surface area contributed by atoms with Gasteiger partial charge < -0.3 is 19.2 Å². The number of hydrogen-bond acceptors (Lipinski definition) is 5. The zero-order valence-electron chi connectivity index (χ0n) is 10.7. The van der Waals surface area contributed by atoms with Crippen LogP contribution in [-0.4, -0.2) is 26.3 Å². The molecule has 1 aromatic carbocycles. The standard InChI is InChI=1S/C13H16N2O3/c1-14-7-11-13(18-8-15-11)10-5-4-9(16-2)6-12(10)17-3/h4-6,8,14H,7H2,1-3H3. The molecule has 0 unspecified atom stereocenters. The molecule has 0 spiro atoms. The molecule has 0 amide bonds. The molecule has 0 radical (unpaired) electrons. The molecule has 0 aliphatic carbocycles. The first kappa shape index (κ1) is 12.4. The maximum atomic E-state index is 5.45. The van der Waals surface area contributed by atoms with Crippen LogP contribution in [0, 0.1) is 0 Å². The van der Waals surface area contributed by atoms with Gasteiger partial charge >= 0.3 is 0 Å². The highest BCUT2D eigenvalue weighted by Gasteiger charge is 2.15. The average Bonchev–Trinajstić information content (AvgIpc) is 2.86. The number of oxazole rings is 1. The number of methoxy groups -OCH3 is 2. The van der Waals surface area contributed by atoms with Gasteiger partial charge in [-0.2, -0.15) is 0 Å². The Hall–Kier alpha value is -2.01. The molecular formula is C13H16N2O3. The molecule has 0 saturated heterocycles. The van der Waals surface area contributed by atoms with Crippen molar-refractivity contribution in [2.45, 2.75) is 6.54 Å². The van der Waals surface area contributed by atoms with Gasteiger partial charge in [0.15, 0.2) is 12.2 Å². The maximum Gasteiger partial charge on any atom is 0.181 e. The molecule has 0 bridgehead atoms. The quantitative estimate of drug-likeness (QED) is 0.878. The number of rotatable bonds is 5. The average molecular weight is 248 g/mol. The third-order valence-corrected chi connectivity index (χ3v) is 2.64. The van der Waals surface area contributed by atoms with Crippen LogP contribution >= 0.6 is 0 Å². The summed E-state index contributed by atoms with van der Waals surface area (Å²) in [7, 11) is 5.10. The topological polar surface area (TPSA) is 56.5 Å². The number of ether oxygens (including phenoxy) is 2. The van der Waals surface area contributed by atoms with Gasteiger partial charge in [0.2, 0.25) is 0 Å². The summed E-state index contributed by atoms with van der Waals surface area (Å²) in [5, 5.41) is 3.05. The van der Waals surface area contributed by atoms with Gasteiger partial charge in [0.25, 0.3) is 0 Å².